The SMILES string of the molecule is COC1=C2OC(c3ccc(OC)c(OC)c3)=CC(=O)C2C(O)=CC1(OC)OC. The molecular formula is C20H22O8. The summed E-state index contributed by atoms with van der Waals surface area (Å²) in [4.78, 5) is 12.8. The average molecular weight is 390 g/mol. The normalized spacial score (nSPS) is 20.6. The fourth-order valence-electron chi connectivity index (χ4n) is 3.28. The molecule has 0 aromatic heterocycles. The van der Waals surface area contributed by atoms with Crippen LogP contribution >= 0.6 is 0 Å². The van der Waals surface area contributed by atoms with Gasteiger partial charge in [0.2, 0.25) is 0 Å². The van der Waals surface area contributed by atoms with Gasteiger partial charge in [0.05, 0.1) is 21.3 Å². The van der Waals surface area contributed by atoms with Crippen LogP contribution in [0.1, 0.15) is 5.56 Å². The van der Waals surface area contributed by atoms with E-state index in [2.05, 4.69) is 0 Å². The summed E-state index contributed by atoms with van der Waals surface area (Å²) in [5.74, 6) is -1.62. The Labute approximate surface area is 162 Å². The maximum absolute atomic E-state index is 12.8. The van der Waals surface area contributed by atoms with Gasteiger partial charge in [-0.1, -0.05) is 0 Å². The molecule has 1 atom stereocenters. The van der Waals surface area contributed by atoms with Gasteiger partial charge in [-0.05, 0) is 18.2 Å². The van der Waals surface area contributed by atoms with Gasteiger partial charge < -0.3 is 33.5 Å². The molecule has 0 spiro atoms. The highest BCUT2D eigenvalue weighted by molar-refractivity contribution is 6.02. The predicted octanol–water partition coefficient (Wildman–Crippen LogP) is 2.56. The molecule has 0 bridgehead atoms. The van der Waals surface area contributed by atoms with E-state index in [9.17, 15) is 9.90 Å². The summed E-state index contributed by atoms with van der Waals surface area (Å²) in [5.41, 5.74) is 0.585. The molecule has 8 nitrogen and oxygen atoms in total. The largest absolute Gasteiger partial charge is 0.511 e. The highest BCUT2D eigenvalue weighted by Crippen LogP contribution is 2.44. The minimum absolute atomic E-state index is 0.100. The van der Waals surface area contributed by atoms with E-state index in [1.165, 1.54) is 47.7 Å². The second-order valence-electron chi connectivity index (χ2n) is 6.06. The van der Waals surface area contributed by atoms with Crippen LogP contribution in [0.5, 0.6) is 11.5 Å². The van der Waals surface area contributed by atoms with E-state index >= 15 is 0 Å². The van der Waals surface area contributed by atoms with Crippen molar-refractivity contribution < 1.29 is 38.3 Å². The predicted molar refractivity (Wildman–Crippen MR) is 98.6 cm³/mol. The van der Waals surface area contributed by atoms with Crippen LogP contribution in [0.25, 0.3) is 5.76 Å². The Bertz CT molecular complexity index is 876. The average Bonchev–Trinajstić information content (AvgIpc) is 2.72. The standard InChI is InChI=1S/C20H22O8/c1-23-14-7-6-11(8-16(14)24-2)15-9-12(21)17-13(22)10-20(26-4,27-5)19(25-3)18(17)28-15/h6-10,17,22H,1-5H3. The highest BCUT2D eigenvalue weighted by atomic mass is 16.7. The van der Waals surface area contributed by atoms with Gasteiger partial charge in [0, 0.05) is 31.9 Å². The Kier molecular flexibility index (Phi) is 5.35. The van der Waals surface area contributed by atoms with E-state index in [-0.39, 0.29) is 28.8 Å². The van der Waals surface area contributed by atoms with Gasteiger partial charge in [0.15, 0.2) is 28.8 Å². The lowest BCUT2D eigenvalue weighted by Crippen LogP contribution is -2.42. The van der Waals surface area contributed by atoms with Crippen LogP contribution in [-0.2, 0) is 23.7 Å². The van der Waals surface area contributed by atoms with Crippen LogP contribution in [0.15, 0.2) is 47.6 Å². The van der Waals surface area contributed by atoms with Gasteiger partial charge in [-0.3, -0.25) is 4.79 Å². The molecule has 8 heteroatoms. The van der Waals surface area contributed by atoms with Crippen molar-refractivity contribution in [2.75, 3.05) is 35.5 Å². The first-order valence-electron chi connectivity index (χ1n) is 8.41. The molecule has 0 fully saturated rings. The molecule has 1 aromatic rings. The van der Waals surface area contributed by atoms with Gasteiger partial charge in [-0.15, -0.1) is 0 Å². The zero-order chi connectivity index (χ0) is 20.5. The summed E-state index contributed by atoms with van der Waals surface area (Å²) >= 11 is 0. The number of ether oxygens (including phenoxy) is 6. The van der Waals surface area contributed by atoms with E-state index < -0.39 is 11.7 Å². The zero-order valence-corrected chi connectivity index (χ0v) is 16.3. The summed E-state index contributed by atoms with van der Waals surface area (Å²) in [7, 11) is 7.24. The van der Waals surface area contributed by atoms with E-state index in [0.717, 1.165) is 0 Å². The lowest BCUT2D eigenvalue weighted by molar-refractivity contribution is -0.173. The second-order valence-corrected chi connectivity index (χ2v) is 6.06. The lowest BCUT2D eigenvalue weighted by atomic mass is 9.87. The number of hydrogen-bond acceptors (Lipinski definition) is 8. The molecule has 0 saturated carbocycles. The van der Waals surface area contributed by atoms with E-state index in [0.29, 0.717) is 17.1 Å². The Morgan fingerprint density at radius 2 is 1.68 bits per heavy atom. The number of aliphatic hydroxyl groups excluding tert-OH is 1. The fourth-order valence-corrected chi connectivity index (χ4v) is 3.28. The van der Waals surface area contributed by atoms with Crippen LogP contribution in [0.3, 0.4) is 0 Å². The van der Waals surface area contributed by atoms with Crippen LogP contribution in [0.4, 0.5) is 0 Å². The monoisotopic (exact) mass is 390 g/mol. The van der Waals surface area contributed by atoms with Crippen molar-refractivity contribution in [1.82, 2.24) is 0 Å². The Morgan fingerprint density at radius 1 is 1.00 bits per heavy atom. The van der Waals surface area contributed by atoms with Crippen molar-refractivity contribution >= 4 is 11.5 Å². The van der Waals surface area contributed by atoms with Crippen LogP contribution < -0.4 is 9.47 Å². The van der Waals surface area contributed by atoms with Crippen molar-refractivity contribution in [3.8, 4) is 11.5 Å². The molecule has 1 aliphatic carbocycles. The lowest BCUT2D eigenvalue weighted by Gasteiger charge is -2.37. The number of ketones is 1. The van der Waals surface area contributed by atoms with Crippen molar-refractivity contribution in [2.45, 2.75) is 5.79 Å². The van der Waals surface area contributed by atoms with Gasteiger partial charge in [-0.25, -0.2) is 0 Å². The number of aliphatic hydroxyl groups is 1. The fraction of sp³-hybridized carbons (Fsp3) is 0.350. The molecule has 0 radical (unpaired) electrons. The van der Waals surface area contributed by atoms with Crippen molar-refractivity contribution in [1.29, 1.82) is 0 Å². The zero-order valence-electron chi connectivity index (χ0n) is 16.3. The van der Waals surface area contributed by atoms with Crippen molar-refractivity contribution in [3.05, 3.63) is 53.2 Å². The quantitative estimate of drug-likeness (QED) is 0.741. The molecule has 1 heterocycles. The number of carbonyl (C=O) groups excluding carboxylic acids is 1. The van der Waals surface area contributed by atoms with E-state index in [1.807, 2.05) is 0 Å². The van der Waals surface area contributed by atoms with Crippen LogP contribution in [0.2, 0.25) is 0 Å². The molecule has 150 valence electrons. The minimum atomic E-state index is -1.51. The second kappa shape index (κ2) is 7.57. The summed E-state index contributed by atoms with van der Waals surface area (Å²) in [5, 5.41) is 10.4. The highest BCUT2D eigenvalue weighted by Gasteiger charge is 2.49. The van der Waals surface area contributed by atoms with Crippen molar-refractivity contribution in [3.63, 3.8) is 0 Å². The smallest absolute Gasteiger partial charge is 0.254 e. The molecule has 1 N–H and O–H groups in total. The number of rotatable bonds is 6. The van der Waals surface area contributed by atoms with Gasteiger partial charge >= 0.3 is 0 Å². The summed E-state index contributed by atoms with van der Waals surface area (Å²) in [6, 6.07) is 5.11. The Hall–Kier alpha value is -2.97. The molecule has 0 amide bonds. The topological polar surface area (TPSA) is 92.7 Å². The molecule has 28 heavy (non-hydrogen) atoms. The van der Waals surface area contributed by atoms with Gasteiger partial charge in [-0.2, -0.15) is 0 Å². The number of hydrogen-bond donors (Lipinski definition) is 1. The van der Waals surface area contributed by atoms with Crippen LogP contribution in [-0.4, -0.2) is 52.2 Å². The third kappa shape index (κ3) is 3.00. The molecule has 3 rings (SSSR count). The van der Waals surface area contributed by atoms with E-state index in [4.69, 9.17) is 28.4 Å². The Morgan fingerprint density at radius 3 is 2.25 bits per heavy atom. The molecular weight excluding hydrogens is 368 g/mol. The number of allylic oxidation sites excluding steroid dienone is 1. The minimum Gasteiger partial charge on any atom is -0.511 e. The first-order valence-corrected chi connectivity index (χ1v) is 8.41. The summed E-state index contributed by atoms with van der Waals surface area (Å²) < 4.78 is 32.8. The summed E-state index contributed by atoms with van der Waals surface area (Å²) in [6.45, 7) is 0. The van der Waals surface area contributed by atoms with Crippen LogP contribution in [0, 0.1) is 5.92 Å². The third-order valence-corrected chi connectivity index (χ3v) is 4.69. The maximum Gasteiger partial charge on any atom is 0.254 e. The number of carbonyl (C=O) groups is 1. The molecule has 0 saturated heterocycles. The molecule has 2 aliphatic rings. The number of fused-ring (bicyclic) bond motifs is 1. The third-order valence-electron chi connectivity index (χ3n) is 4.69. The molecule has 1 aliphatic heterocycles. The first kappa shape index (κ1) is 19.8. The first-order chi connectivity index (χ1) is 13.4. The molecule has 1 aromatic carbocycles. The summed E-state index contributed by atoms with van der Waals surface area (Å²) in [6.07, 6.45) is 2.61. The van der Waals surface area contributed by atoms with Gasteiger partial charge in [0.1, 0.15) is 17.4 Å². The van der Waals surface area contributed by atoms with E-state index in [1.54, 1.807) is 18.2 Å². The number of benzene rings is 1. The van der Waals surface area contributed by atoms with Gasteiger partial charge in [0.25, 0.3) is 5.79 Å². The molecule has 1 unspecified atom stereocenters. The Balaban J connectivity index is 2.12. The van der Waals surface area contributed by atoms with Crippen molar-refractivity contribution in [2.24, 2.45) is 5.92 Å². The maximum atomic E-state index is 12.8. The number of methoxy groups -OCH3 is 5.